The molecule has 0 fully saturated rings. The van der Waals surface area contributed by atoms with Crippen LogP contribution in [0.5, 0.6) is 0 Å². The average molecular weight is 435 g/mol. The molecule has 0 spiro atoms. The second-order valence-corrected chi connectivity index (χ2v) is 7.26. The highest BCUT2D eigenvalue weighted by atomic mass is 35.5. The van der Waals surface area contributed by atoms with Gasteiger partial charge < -0.3 is 15.4 Å². The minimum absolute atomic E-state index is 0.157. The molecule has 1 amide bonds. The summed E-state index contributed by atoms with van der Waals surface area (Å²) in [5, 5.41) is 12.7. The van der Waals surface area contributed by atoms with Gasteiger partial charge in [-0.2, -0.15) is 5.10 Å². The van der Waals surface area contributed by atoms with Gasteiger partial charge in [0.25, 0.3) is 5.91 Å². The summed E-state index contributed by atoms with van der Waals surface area (Å²) >= 11 is 7.33. The van der Waals surface area contributed by atoms with Crippen molar-refractivity contribution < 1.29 is 9.53 Å². The second-order valence-electron chi connectivity index (χ2n) is 6.05. The van der Waals surface area contributed by atoms with Gasteiger partial charge in [-0.3, -0.25) is 4.79 Å². The van der Waals surface area contributed by atoms with Gasteiger partial charge in [-0.05, 0) is 37.4 Å². The zero-order chi connectivity index (χ0) is 20.6. The van der Waals surface area contributed by atoms with E-state index in [1.165, 1.54) is 11.8 Å². The first-order valence-electron chi connectivity index (χ1n) is 9.25. The smallest absolute Gasteiger partial charge is 0.251 e. The summed E-state index contributed by atoms with van der Waals surface area (Å²) < 4.78 is 7.14. The third-order valence-corrected chi connectivity index (χ3v) is 4.92. The molecule has 0 aliphatic carbocycles. The van der Waals surface area contributed by atoms with E-state index >= 15 is 0 Å². The number of benzene rings is 1. The summed E-state index contributed by atoms with van der Waals surface area (Å²) in [5.74, 6) is 0.575. The Kier molecular flexibility index (Phi) is 7.68. The molecule has 2 aromatic heterocycles. The number of anilines is 1. The first-order chi connectivity index (χ1) is 14.1. The minimum atomic E-state index is -0.157. The maximum atomic E-state index is 12.2. The number of thioether (sulfide) groups is 1. The molecule has 0 atom stereocenters. The Labute approximate surface area is 178 Å². The third-order valence-electron chi connectivity index (χ3n) is 4.12. The second kappa shape index (κ2) is 10.4. The Morgan fingerprint density at radius 2 is 2.03 bits per heavy atom. The van der Waals surface area contributed by atoms with Crippen molar-refractivity contribution in [2.24, 2.45) is 0 Å². The van der Waals surface area contributed by atoms with E-state index in [-0.39, 0.29) is 5.91 Å². The van der Waals surface area contributed by atoms with E-state index in [1.54, 1.807) is 35.1 Å². The van der Waals surface area contributed by atoms with Gasteiger partial charge in [0.1, 0.15) is 5.82 Å². The van der Waals surface area contributed by atoms with Crippen molar-refractivity contribution >= 4 is 46.1 Å². The Hall–Kier alpha value is -2.36. The Balaban J connectivity index is 1.67. The van der Waals surface area contributed by atoms with Crippen molar-refractivity contribution in [3.05, 3.63) is 41.0 Å². The van der Waals surface area contributed by atoms with Gasteiger partial charge in [0.15, 0.2) is 10.8 Å². The van der Waals surface area contributed by atoms with Crippen LogP contribution in [-0.4, -0.2) is 58.2 Å². The number of nitrogens with zero attached hydrogens (tertiary/aromatic N) is 4. The summed E-state index contributed by atoms with van der Waals surface area (Å²) in [7, 11) is 0. The maximum Gasteiger partial charge on any atom is 0.251 e. The van der Waals surface area contributed by atoms with Crippen LogP contribution in [0.3, 0.4) is 0 Å². The third kappa shape index (κ3) is 5.59. The fourth-order valence-corrected chi connectivity index (χ4v) is 3.18. The topological polar surface area (TPSA) is 94.0 Å². The number of amides is 1. The molecule has 3 rings (SSSR count). The highest BCUT2D eigenvalue weighted by Gasteiger charge is 2.13. The lowest BCUT2D eigenvalue weighted by molar-refractivity contribution is 0.0952. The fraction of sp³-hybridized carbons (Fsp3) is 0.368. The van der Waals surface area contributed by atoms with Crippen molar-refractivity contribution in [1.29, 1.82) is 0 Å². The number of hydrogen-bond donors (Lipinski definition) is 2. The number of aromatic nitrogens is 4. The molecule has 0 aliphatic heterocycles. The Morgan fingerprint density at radius 3 is 2.76 bits per heavy atom. The summed E-state index contributed by atoms with van der Waals surface area (Å²) in [6.07, 6.45) is 3.67. The number of fused-ring (bicyclic) bond motifs is 1. The van der Waals surface area contributed by atoms with Gasteiger partial charge in [-0.25, -0.2) is 14.6 Å². The van der Waals surface area contributed by atoms with Crippen LogP contribution in [0.4, 0.5) is 5.82 Å². The fourth-order valence-electron chi connectivity index (χ4n) is 2.69. The van der Waals surface area contributed by atoms with E-state index in [4.69, 9.17) is 16.3 Å². The number of nitrogens with one attached hydrogen (secondary N) is 2. The van der Waals surface area contributed by atoms with Gasteiger partial charge in [0, 0.05) is 30.3 Å². The Bertz CT molecular complexity index is 963. The van der Waals surface area contributed by atoms with Gasteiger partial charge in [-0.1, -0.05) is 23.4 Å². The number of halogens is 1. The van der Waals surface area contributed by atoms with Gasteiger partial charge in [0.05, 0.1) is 24.7 Å². The number of rotatable bonds is 10. The first-order valence-corrected chi connectivity index (χ1v) is 10.9. The van der Waals surface area contributed by atoms with E-state index in [0.29, 0.717) is 48.6 Å². The van der Waals surface area contributed by atoms with Gasteiger partial charge >= 0.3 is 0 Å². The monoisotopic (exact) mass is 434 g/mol. The normalized spacial score (nSPS) is 11.0. The molecule has 0 aliphatic rings. The minimum Gasteiger partial charge on any atom is -0.380 e. The van der Waals surface area contributed by atoms with Gasteiger partial charge in [-0.15, -0.1) is 0 Å². The molecule has 10 heteroatoms. The molecule has 0 bridgehead atoms. The molecule has 8 nitrogen and oxygen atoms in total. The van der Waals surface area contributed by atoms with Crippen molar-refractivity contribution in [2.45, 2.75) is 18.6 Å². The lowest BCUT2D eigenvalue weighted by Crippen LogP contribution is -2.27. The zero-order valence-corrected chi connectivity index (χ0v) is 17.9. The molecule has 154 valence electrons. The summed E-state index contributed by atoms with van der Waals surface area (Å²) in [5.41, 5.74) is 1.29. The predicted molar refractivity (Wildman–Crippen MR) is 116 cm³/mol. The van der Waals surface area contributed by atoms with E-state index in [1.807, 2.05) is 13.2 Å². The zero-order valence-electron chi connectivity index (χ0n) is 16.3. The largest absolute Gasteiger partial charge is 0.380 e. The molecule has 0 saturated carbocycles. The molecule has 2 N–H and O–H groups in total. The molecule has 0 unspecified atom stereocenters. The number of hydrogen-bond acceptors (Lipinski definition) is 7. The van der Waals surface area contributed by atoms with Crippen LogP contribution in [0.15, 0.2) is 35.6 Å². The van der Waals surface area contributed by atoms with Crippen LogP contribution in [0, 0.1) is 0 Å². The predicted octanol–water partition coefficient (Wildman–Crippen LogP) is 3.08. The lowest BCUT2D eigenvalue weighted by Gasteiger charge is -2.09. The molecule has 29 heavy (non-hydrogen) atoms. The van der Waals surface area contributed by atoms with E-state index in [0.717, 1.165) is 16.9 Å². The highest BCUT2D eigenvalue weighted by molar-refractivity contribution is 7.98. The van der Waals surface area contributed by atoms with E-state index < -0.39 is 0 Å². The van der Waals surface area contributed by atoms with Crippen molar-refractivity contribution in [3.63, 3.8) is 0 Å². The molecular formula is C19H23ClN6O2S. The first kappa shape index (κ1) is 21.4. The Morgan fingerprint density at radius 1 is 1.24 bits per heavy atom. The summed E-state index contributed by atoms with van der Waals surface area (Å²) in [4.78, 5) is 21.4. The van der Waals surface area contributed by atoms with Crippen molar-refractivity contribution in [2.75, 3.05) is 37.9 Å². The SMILES string of the molecule is CCOCCNc1nc(SC)nc2c1cnn2CCNC(=O)c1ccc(Cl)cc1. The van der Waals surface area contributed by atoms with Gasteiger partial charge in [0.2, 0.25) is 0 Å². The number of ether oxygens (including phenoxy) is 1. The lowest BCUT2D eigenvalue weighted by atomic mass is 10.2. The van der Waals surface area contributed by atoms with Crippen LogP contribution >= 0.6 is 23.4 Å². The summed E-state index contributed by atoms with van der Waals surface area (Å²) in [6, 6.07) is 6.77. The standard InChI is InChI=1S/C19H23ClN6O2S/c1-3-28-11-9-21-16-15-12-23-26(17(15)25-19(24-16)29-2)10-8-22-18(27)13-4-6-14(20)7-5-13/h4-7,12H,3,8-11H2,1-2H3,(H,22,27)(H,21,24,25). The van der Waals surface area contributed by atoms with Crippen LogP contribution in [0.2, 0.25) is 5.02 Å². The molecule has 2 heterocycles. The van der Waals surface area contributed by atoms with Crippen molar-refractivity contribution in [3.8, 4) is 0 Å². The average Bonchev–Trinajstić information content (AvgIpc) is 3.14. The number of carbonyl (C=O) groups is 1. The molecule has 3 aromatic rings. The quantitative estimate of drug-likeness (QED) is 0.287. The van der Waals surface area contributed by atoms with Crippen LogP contribution in [-0.2, 0) is 11.3 Å². The number of carbonyl (C=O) groups excluding carboxylic acids is 1. The van der Waals surface area contributed by atoms with Crippen molar-refractivity contribution in [1.82, 2.24) is 25.1 Å². The highest BCUT2D eigenvalue weighted by Crippen LogP contribution is 2.23. The maximum absolute atomic E-state index is 12.2. The molecular weight excluding hydrogens is 412 g/mol. The summed E-state index contributed by atoms with van der Waals surface area (Å²) in [6.45, 7) is 4.80. The van der Waals surface area contributed by atoms with Crippen LogP contribution in [0.1, 0.15) is 17.3 Å². The van der Waals surface area contributed by atoms with Crippen LogP contribution in [0.25, 0.3) is 11.0 Å². The molecule has 1 aromatic carbocycles. The molecule has 0 saturated heterocycles. The van der Waals surface area contributed by atoms with Crippen LogP contribution < -0.4 is 10.6 Å². The van der Waals surface area contributed by atoms with E-state index in [9.17, 15) is 4.79 Å². The molecule has 0 radical (unpaired) electrons. The van der Waals surface area contributed by atoms with E-state index in [2.05, 4.69) is 25.7 Å².